The first-order chi connectivity index (χ1) is 14.5. The van der Waals surface area contributed by atoms with E-state index in [9.17, 15) is 9.59 Å². The molecule has 1 unspecified atom stereocenters. The van der Waals surface area contributed by atoms with Gasteiger partial charge in [0, 0.05) is 6.07 Å². The minimum absolute atomic E-state index is 0.153. The summed E-state index contributed by atoms with van der Waals surface area (Å²) in [5, 5.41) is 6.57. The quantitative estimate of drug-likeness (QED) is 0.593. The zero-order valence-corrected chi connectivity index (χ0v) is 16.4. The van der Waals surface area contributed by atoms with Crippen LogP contribution in [0.1, 0.15) is 63.9 Å². The molecule has 1 aliphatic rings. The van der Waals surface area contributed by atoms with E-state index in [1.807, 2.05) is 19.1 Å². The van der Waals surface area contributed by atoms with E-state index in [2.05, 4.69) is 27.6 Å². The van der Waals surface area contributed by atoms with Gasteiger partial charge in [-0.05, 0) is 48.9 Å². The van der Waals surface area contributed by atoms with Gasteiger partial charge in [0.05, 0.1) is 12.2 Å². The fourth-order valence-electron chi connectivity index (χ4n) is 3.26. The highest BCUT2D eigenvalue weighted by atomic mass is 16.5. The first-order valence-electron chi connectivity index (χ1n) is 9.75. The number of carbonyl (C=O) groups is 2. The molecule has 1 aromatic carbocycles. The third-order valence-electron chi connectivity index (χ3n) is 5.05. The second-order valence-electron chi connectivity index (χ2n) is 7.37. The fraction of sp³-hybridized carbons (Fsp3) is 0.273. The summed E-state index contributed by atoms with van der Waals surface area (Å²) in [7, 11) is 0. The molecule has 0 bridgehead atoms. The maximum Gasteiger partial charge on any atom is 0.273 e. The predicted molar refractivity (Wildman–Crippen MR) is 108 cm³/mol. The van der Waals surface area contributed by atoms with E-state index in [4.69, 9.17) is 15.0 Å². The Morgan fingerprint density at radius 1 is 1.13 bits per heavy atom. The summed E-state index contributed by atoms with van der Waals surface area (Å²) in [6.07, 6.45) is 4.74. The number of hydrogen-bond donors (Lipinski definition) is 2. The molecule has 2 heterocycles. The van der Waals surface area contributed by atoms with Gasteiger partial charge in [-0.3, -0.25) is 9.59 Å². The van der Waals surface area contributed by atoms with Crippen LogP contribution in [0, 0.1) is 0 Å². The molecule has 1 fully saturated rings. The van der Waals surface area contributed by atoms with Crippen LogP contribution < -0.4 is 15.8 Å². The third kappa shape index (κ3) is 4.48. The zero-order valence-electron chi connectivity index (χ0n) is 16.4. The Labute approximate surface area is 173 Å². The van der Waals surface area contributed by atoms with Crippen molar-refractivity contribution in [1.29, 1.82) is 0 Å². The molecule has 2 amide bonds. The van der Waals surface area contributed by atoms with Crippen LogP contribution in [0.25, 0.3) is 0 Å². The Morgan fingerprint density at radius 2 is 1.90 bits per heavy atom. The number of aromatic nitrogens is 2. The van der Waals surface area contributed by atoms with E-state index in [0.717, 1.165) is 5.56 Å². The van der Waals surface area contributed by atoms with E-state index in [0.29, 0.717) is 11.7 Å². The second kappa shape index (κ2) is 8.36. The molecule has 3 aromatic rings. The number of pyridine rings is 1. The molecule has 0 spiro atoms. The van der Waals surface area contributed by atoms with Gasteiger partial charge >= 0.3 is 0 Å². The summed E-state index contributed by atoms with van der Waals surface area (Å²) in [6.45, 7) is 1.85. The molecule has 1 aliphatic carbocycles. The predicted octanol–water partition coefficient (Wildman–Crippen LogP) is 2.98. The van der Waals surface area contributed by atoms with Crippen LogP contribution in [0.5, 0.6) is 5.75 Å². The van der Waals surface area contributed by atoms with Crippen molar-refractivity contribution in [2.45, 2.75) is 37.8 Å². The molecule has 4 rings (SSSR count). The highest BCUT2D eigenvalue weighted by Crippen LogP contribution is 2.40. The number of primary amides is 1. The van der Waals surface area contributed by atoms with Gasteiger partial charge < -0.3 is 20.3 Å². The number of ether oxygens (including phenoxy) is 1. The highest BCUT2D eigenvalue weighted by molar-refractivity contribution is 5.92. The summed E-state index contributed by atoms with van der Waals surface area (Å²) in [4.78, 5) is 27.7. The van der Waals surface area contributed by atoms with Crippen molar-refractivity contribution in [2.75, 3.05) is 0 Å². The molecule has 2 atom stereocenters. The summed E-state index contributed by atoms with van der Waals surface area (Å²) < 4.78 is 10.9. The van der Waals surface area contributed by atoms with E-state index in [1.54, 1.807) is 6.07 Å². The third-order valence-corrected chi connectivity index (χ3v) is 5.05. The number of carbonyl (C=O) groups excluding carboxylic acids is 2. The van der Waals surface area contributed by atoms with Crippen LogP contribution >= 0.6 is 0 Å². The van der Waals surface area contributed by atoms with Crippen molar-refractivity contribution in [3.63, 3.8) is 0 Å². The molecule has 8 nitrogen and oxygen atoms in total. The van der Waals surface area contributed by atoms with E-state index < -0.39 is 18.1 Å². The topological polar surface area (TPSA) is 120 Å². The molecule has 30 heavy (non-hydrogen) atoms. The lowest BCUT2D eigenvalue weighted by molar-refractivity contribution is 0.0871. The minimum atomic E-state index is -0.609. The van der Waals surface area contributed by atoms with Gasteiger partial charge in [-0.25, -0.2) is 4.98 Å². The largest absolute Gasteiger partial charge is 0.482 e. The Kier molecular flexibility index (Phi) is 5.47. The molecule has 2 aromatic heterocycles. The number of nitrogens with one attached hydrogen (secondary N) is 1. The van der Waals surface area contributed by atoms with Crippen molar-refractivity contribution in [3.8, 4) is 5.75 Å². The molecule has 8 heteroatoms. The Bertz CT molecular complexity index is 1010. The summed E-state index contributed by atoms with van der Waals surface area (Å²) in [5.41, 5.74) is 7.81. The summed E-state index contributed by atoms with van der Waals surface area (Å²) in [6, 6.07) is 12.5. The van der Waals surface area contributed by atoms with Crippen LogP contribution in [0.2, 0.25) is 0 Å². The smallest absolute Gasteiger partial charge is 0.273 e. The molecule has 3 N–H and O–H groups in total. The van der Waals surface area contributed by atoms with Crippen LogP contribution in [-0.4, -0.2) is 28.0 Å². The molecular formula is C22H22N4O4. The summed E-state index contributed by atoms with van der Waals surface area (Å²) >= 11 is 0. The maximum absolute atomic E-state index is 12.4. The molecule has 1 saturated carbocycles. The van der Waals surface area contributed by atoms with Crippen molar-refractivity contribution < 1.29 is 18.8 Å². The molecule has 0 saturated heterocycles. The van der Waals surface area contributed by atoms with Crippen molar-refractivity contribution in [2.24, 2.45) is 5.73 Å². The molecule has 154 valence electrons. The molecular weight excluding hydrogens is 384 g/mol. The lowest BCUT2D eigenvalue weighted by atomic mass is 10.00. The standard InChI is InChI=1S/C22H22N4O4/c1-13(25-22(28)19-10-11-29-26-19)20(16-6-4-15(5-7-16)14-2-3-14)30-17-8-9-18(21(23)27)24-12-17/h4-14,20H,2-3H2,1H3,(H2,23,27)(H,25,28)/t13?,20-/m0/s1. The fourth-order valence-corrected chi connectivity index (χ4v) is 3.26. The second-order valence-corrected chi connectivity index (χ2v) is 7.37. The van der Waals surface area contributed by atoms with Gasteiger partial charge in [0.2, 0.25) is 0 Å². The number of benzene rings is 1. The lowest BCUT2D eigenvalue weighted by Gasteiger charge is -2.26. The van der Waals surface area contributed by atoms with Crippen LogP contribution in [0.4, 0.5) is 0 Å². The van der Waals surface area contributed by atoms with Crippen molar-refractivity contribution in [1.82, 2.24) is 15.5 Å². The van der Waals surface area contributed by atoms with Gasteiger partial charge in [-0.1, -0.05) is 29.4 Å². The van der Waals surface area contributed by atoms with Crippen LogP contribution in [-0.2, 0) is 0 Å². The van der Waals surface area contributed by atoms with Crippen LogP contribution in [0.15, 0.2) is 59.4 Å². The zero-order chi connectivity index (χ0) is 21.1. The number of rotatable bonds is 8. The van der Waals surface area contributed by atoms with Crippen LogP contribution in [0.3, 0.4) is 0 Å². The van der Waals surface area contributed by atoms with Gasteiger partial charge in [0.1, 0.15) is 23.8 Å². The number of hydrogen-bond acceptors (Lipinski definition) is 6. The van der Waals surface area contributed by atoms with E-state index in [-0.39, 0.29) is 17.3 Å². The normalized spacial score (nSPS) is 15.2. The first-order valence-corrected chi connectivity index (χ1v) is 9.75. The lowest BCUT2D eigenvalue weighted by Crippen LogP contribution is -2.39. The number of nitrogens with two attached hydrogens (primary N) is 1. The van der Waals surface area contributed by atoms with Crippen molar-refractivity contribution >= 4 is 11.8 Å². The molecule has 0 radical (unpaired) electrons. The first kappa shape index (κ1) is 19.6. The average molecular weight is 406 g/mol. The Balaban J connectivity index is 1.56. The maximum atomic E-state index is 12.4. The summed E-state index contributed by atoms with van der Waals surface area (Å²) in [5.74, 6) is 0.135. The Morgan fingerprint density at radius 3 is 2.47 bits per heavy atom. The Hall–Kier alpha value is -3.68. The van der Waals surface area contributed by atoms with Gasteiger partial charge in [-0.2, -0.15) is 0 Å². The van der Waals surface area contributed by atoms with Gasteiger partial charge in [-0.15, -0.1) is 0 Å². The monoisotopic (exact) mass is 406 g/mol. The van der Waals surface area contributed by atoms with Crippen molar-refractivity contribution in [3.05, 3.63) is 77.4 Å². The van der Waals surface area contributed by atoms with E-state index in [1.165, 1.54) is 43.0 Å². The highest BCUT2D eigenvalue weighted by Gasteiger charge is 2.27. The SMILES string of the molecule is CC(NC(=O)c1ccon1)[C@H](Oc1ccc(C(N)=O)nc1)c1ccc(C2CC2)cc1. The minimum Gasteiger partial charge on any atom is -0.482 e. The van der Waals surface area contributed by atoms with Gasteiger partial charge in [0.15, 0.2) is 5.69 Å². The number of nitrogens with zero attached hydrogens (tertiary/aromatic N) is 2. The molecule has 0 aliphatic heterocycles. The number of amides is 2. The van der Waals surface area contributed by atoms with Gasteiger partial charge in [0.25, 0.3) is 11.8 Å². The van der Waals surface area contributed by atoms with E-state index >= 15 is 0 Å². The average Bonchev–Trinajstić information content (AvgIpc) is 3.45.